The van der Waals surface area contributed by atoms with Crippen LogP contribution in [-0.2, 0) is 4.79 Å². The number of carbonyl (C=O) groups excluding carboxylic acids is 2. The van der Waals surface area contributed by atoms with Crippen LogP contribution < -0.4 is 10.6 Å². The van der Waals surface area contributed by atoms with E-state index in [9.17, 15) is 19.7 Å². The Morgan fingerprint density at radius 3 is 2.67 bits per heavy atom. The van der Waals surface area contributed by atoms with Crippen molar-refractivity contribution in [1.29, 1.82) is 0 Å². The Bertz CT molecular complexity index is 572. The Morgan fingerprint density at radius 1 is 1.39 bits per heavy atom. The monoisotopic (exact) mass is 269 g/mol. The predicted molar refractivity (Wildman–Crippen MR) is 63.7 cm³/mol. The van der Waals surface area contributed by atoms with Gasteiger partial charge < -0.3 is 10.6 Å². The summed E-state index contributed by atoms with van der Waals surface area (Å²) < 4.78 is 0. The minimum absolute atomic E-state index is 0.0214. The Labute approximate surface area is 106 Å². The number of amides is 2. The highest BCUT2D eigenvalue weighted by Gasteiger charge is 2.30. The summed E-state index contributed by atoms with van der Waals surface area (Å²) in [5.41, 5.74) is -0.557. The zero-order valence-corrected chi connectivity index (χ0v) is 9.95. The molecule has 0 aromatic heterocycles. The number of hydrogen-bond donors (Lipinski definition) is 2. The van der Waals surface area contributed by atoms with Crippen molar-refractivity contribution in [3.63, 3.8) is 0 Å². The van der Waals surface area contributed by atoms with Gasteiger partial charge in [-0.15, -0.1) is 0 Å². The van der Waals surface area contributed by atoms with Gasteiger partial charge >= 0.3 is 0 Å². The predicted octanol–water partition coefficient (Wildman–Crippen LogP) is 1.32. The van der Waals surface area contributed by atoms with Gasteiger partial charge in [0.2, 0.25) is 5.91 Å². The number of rotatable bonds is 1. The zero-order valence-electron chi connectivity index (χ0n) is 9.19. The number of nitrogens with one attached hydrogen (secondary N) is 2. The summed E-state index contributed by atoms with van der Waals surface area (Å²) >= 11 is 5.72. The van der Waals surface area contributed by atoms with Crippen LogP contribution >= 0.6 is 11.6 Å². The minimum Gasteiger partial charge on any atom is -0.340 e. The molecule has 2 N–H and O–H groups in total. The fraction of sp³-hybridized carbons (Fsp3) is 0.200. The van der Waals surface area contributed by atoms with Gasteiger partial charge in [0.25, 0.3) is 11.6 Å². The third-order valence-electron chi connectivity index (χ3n) is 2.51. The van der Waals surface area contributed by atoms with Crippen molar-refractivity contribution in [2.75, 3.05) is 5.32 Å². The molecule has 0 spiro atoms. The van der Waals surface area contributed by atoms with Crippen LogP contribution in [0, 0.1) is 10.1 Å². The summed E-state index contributed by atoms with van der Waals surface area (Å²) in [5, 5.41) is 15.7. The molecular weight excluding hydrogens is 262 g/mol. The van der Waals surface area contributed by atoms with Crippen molar-refractivity contribution in [3.05, 3.63) is 32.8 Å². The lowest BCUT2D eigenvalue weighted by Gasteiger charge is -2.07. The van der Waals surface area contributed by atoms with Crippen molar-refractivity contribution < 1.29 is 14.5 Å². The zero-order chi connectivity index (χ0) is 13.4. The molecule has 0 saturated heterocycles. The second-order valence-electron chi connectivity index (χ2n) is 3.79. The van der Waals surface area contributed by atoms with Crippen molar-refractivity contribution in [2.45, 2.75) is 13.0 Å². The van der Waals surface area contributed by atoms with Gasteiger partial charge in [-0.1, -0.05) is 11.6 Å². The first-order valence-electron chi connectivity index (χ1n) is 5.00. The molecule has 1 aromatic rings. The van der Waals surface area contributed by atoms with Gasteiger partial charge in [0.15, 0.2) is 0 Å². The number of benzene rings is 1. The summed E-state index contributed by atoms with van der Waals surface area (Å²) in [7, 11) is 0. The maximum atomic E-state index is 11.8. The van der Waals surface area contributed by atoms with Gasteiger partial charge in [0.1, 0.15) is 11.7 Å². The number of carbonyl (C=O) groups is 2. The molecule has 1 heterocycles. The van der Waals surface area contributed by atoms with E-state index in [-0.39, 0.29) is 16.3 Å². The Balaban J connectivity index is 2.68. The molecule has 1 aliphatic rings. The second-order valence-corrected chi connectivity index (χ2v) is 4.23. The fourth-order valence-corrected chi connectivity index (χ4v) is 1.83. The maximum absolute atomic E-state index is 11.8. The molecule has 0 fully saturated rings. The SMILES string of the molecule is CC1NC(=O)c2cc(Cl)cc([N+](=O)[O-])c2NC1=O. The summed E-state index contributed by atoms with van der Waals surface area (Å²) in [6, 6.07) is 1.59. The van der Waals surface area contributed by atoms with Gasteiger partial charge in [-0.05, 0) is 13.0 Å². The number of halogens is 1. The lowest BCUT2D eigenvalue weighted by molar-refractivity contribution is -0.383. The van der Waals surface area contributed by atoms with Crippen molar-refractivity contribution in [2.24, 2.45) is 0 Å². The minimum atomic E-state index is -0.775. The number of anilines is 1. The lowest BCUT2D eigenvalue weighted by atomic mass is 10.1. The summed E-state index contributed by atoms with van der Waals surface area (Å²) in [6.07, 6.45) is 0. The average molecular weight is 270 g/mol. The van der Waals surface area contributed by atoms with E-state index in [0.29, 0.717) is 0 Å². The van der Waals surface area contributed by atoms with Crippen LogP contribution in [0.1, 0.15) is 17.3 Å². The molecular formula is C10H8ClN3O4. The lowest BCUT2D eigenvalue weighted by Crippen LogP contribution is -2.38. The maximum Gasteiger partial charge on any atom is 0.295 e. The van der Waals surface area contributed by atoms with Gasteiger partial charge in [-0.2, -0.15) is 0 Å². The molecule has 0 aliphatic carbocycles. The number of fused-ring (bicyclic) bond motifs is 1. The number of hydrogen-bond acceptors (Lipinski definition) is 4. The molecule has 2 amide bonds. The van der Waals surface area contributed by atoms with E-state index in [4.69, 9.17) is 11.6 Å². The third kappa shape index (κ3) is 2.00. The van der Waals surface area contributed by atoms with Crippen LogP contribution in [-0.4, -0.2) is 22.8 Å². The first-order chi connectivity index (χ1) is 8.40. The van der Waals surface area contributed by atoms with Gasteiger partial charge in [0.05, 0.1) is 10.5 Å². The van der Waals surface area contributed by atoms with E-state index in [2.05, 4.69) is 10.6 Å². The van der Waals surface area contributed by atoms with E-state index in [0.717, 1.165) is 6.07 Å². The highest BCUT2D eigenvalue weighted by Crippen LogP contribution is 2.33. The Morgan fingerprint density at radius 2 is 2.06 bits per heavy atom. The summed E-state index contributed by atoms with van der Waals surface area (Å²) in [6.45, 7) is 1.48. The second kappa shape index (κ2) is 4.26. The number of nitro groups is 1. The highest BCUT2D eigenvalue weighted by atomic mass is 35.5. The first kappa shape index (κ1) is 12.3. The van der Waals surface area contributed by atoms with Gasteiger partial charge in [0, 0.05) is 11.1 Å². The molecule has 7 nitrogen and oxygen atoms in total. The van der Waals surface area contributed by atoms with Crippen molar-refractivity contribution in [1.82, 2.24) is 5.32 Å². The molecule has 1 aromatic carbocycles. The molecule has 1 atom stereocenters. The van der Waals surface area contributed by atoms with Crippen LogP contribution in [0.4, 0.5) is 11.4 Å². The molecule has 0 radical (unpaired) electrons. The van der Waals surface area contributed by atoms with Crippen LogP contribution in [0.25, 0.3) is 0 Å². The fourth-order valence-electron chi connectivity index (χ4n) is 1.62. The van der Waals surface area contributed by atoms with Crippen LogP contribution in [0.3, 0.4) is 0 Å². The van der Waals surface area contributed by atoms with Crippen LogP contribution in [0.15, 0.2) is 12.1 Å². The molecule has 8 heteroatoms. The highest BCUT2D eigenvalue weighted by molar-refractivity contribution is 6.31. The molecule has 0 saturated carbocycles. The largest absolute Gasteiger partial charge is 0.340 e. The van der Waals surface area contributed by atoms with Crippen molar-refractivity contribution in [3.8, 4) is 0 Å². The molecule has 1 unspecified atom stereocenters. The topological polar surface area (TPSA) is 101 Å². The Kier molecular flexibility index (Phi) is 2.92. The third-order valence-corrected chi connectivity index (χ3v) is 2.73. The number of nitrogens with zero attached hydrogens (tertiary/aromatic N) is 1. The molecule has 94 valence electrons. The van der Waals surface area contributed by atoms with E-state index < -0.39 is 28.5 Å². The first-order valence-corrected chi connectivity index (χ1v) is 5.37. The molecule has 0 bridgehead atoms. The molecule has 18 heavy (non-hydrogen) atoms. The van der Waals surface area contributed by atoms with Crippen molar-refractivity contribution >= 4 is 34.8 Å². The molecule has 2 rings (SSSR count). The quantitative estimate of drug-likeness (QED) is 0.593. The van der Waals surface area contributed by atoms with Gasteiger partial charge in [-0.3, -0.25) is 19.7 Å². The average Bonchev–Trinajstić information content (AvgIpc) is 2.38. The smallest absolute Gasteiger partial charge is 0.295 e. The van der Waals surface area contributed by atoms with E-state index in [1.807, 2.05) is 0 Å². The summed E-state index contributed by atoms with van der Waals surface area (Å²) in [5.74, 6) is -1.10. The summed E-state index contributed by atoms with van der Waals surface area (Å²) in [4.78, 5) is 33.6. The normalized spacial score (nSPS) is 18.4. The molecule has 1 aliphatic heterocycles. The van der Waals surface area contributed by atoms with E-state index >= 15 is 0 Å². The van der Waals surface area contributed by atoms with E-state index in [1.54, 1.807) is 0 Å². The van der Waals surface area contributed by atoms with Crippen LogP contribution in [0.2, 0.25) is 5.02 Å². The Hall–Kier alpha value is -2.15. The number of nitro benzene ring substituents is 1. The van der Waals surface area contributed by atoms with E-state index in [1.165, 1.54) is 13.0 Å². The van der Waals surface area contributed by atoms with Gasteiger partial charge in [-0.25, -0.2) is 0 Å². The van der Waals surface area contributed by atoms with Crippen LogP contribution in [0.5, 0.6) is 0 Å². The standard InChI is InChI=1S/C10H8ClN3O4/c1-4-9(15)13-8-6(10(16)12-4)2-5(11)3-7(8)14(17)18/h2-4H,1H3,(H,12,16)(H,13,15).